The Kier molecular flexibility index (Phi) is 42.3. The van der Waals surface area contributed by atoms with Crippen molar-refractivity contribution in [1.82, 2.24) is 0 Å². The summed E-state index contributed by atoms with van der Waals surface area (Å²) in [5.41, 5.74) is 0. The third-order valence-corrected chi connectivity index (χ3v) is 0.241. The van der Waals surface area contributed by atoms with E-state index >= 15 is 0 Å². The molecule has 0 saturated carbocycles. The van der Waals surface area contributed by atoms with Crippen molar-refractivity contribution in [2.24, 2.45) is 0 Å². The molecule has 0 aromatic carbocycles. The van der Waals surface area contributed by atoms with E-state index in [0.717, 1.165) is 0 Å². The zero-order valence-corrected chi connectivity index (χ0v) is 10.4. The fourth-order valence-corrected chi connectivity index (χ4v) is 0.0745. The molecule has 0 rings (SSSR count). The topological polar surface area (TPSA) is 63.6 Å². The van der Waals surface area contributed by atoms with Crippen LogP contribution in [0.25, 0.3) is 0 Å². The molecule has 0 radical (unpaired) electrons. The quantitative estimate of drug-likeness (QED) is 0.469. The first kappa shape index (κ1) is 16.6. The van der Waals surface area contributed by atoms with Crippen molar-refractivity contribution in [2.45, 2.75) is 0 Å². The Hall–Kier alpha value is 1.11. The molecule has 0 aliphatic carbocycles. The molecule has 9 heavy (non-hydrogen) atoms. The summed E-state index contributed by atoms with van der Waals surface area (Å²) < 4.78 is 4.32. The fourth-order valence-electron chi connectivity index (χ4n) is 0.0745. The van der Waals surface area contributed by atoms with Gasteiger partial charge in [-0.15, -0.1) is 0 Å². The van der Waals surface area contributed by atoms with Gasteiger partial charge in [-0.05, 0) is 7.11 Å². The molecule has 0 aliphatic heterocycles. The molecule has 0 atom stereocenters. The van der Waals surface area contributed by atoms with Gasteiger partial charge in [0.25, 0.3) is 0 Å². The second-order valence-corrected chi connectivity index (χ2v) is 0.668. The third-order valence-electron chi connectivity index (χ3n) is 0.241. The van der Waals surface area contributed by atoms with E-state index < -0.39 is 0 Å². The maximum Gasteiger partial charge on any atom is 1.00 e. The normalized spacial score (nSPS) is 5.56. The predicted molar refractivity (Wildman–Crippen MR) is 23.4 cm³/mol. The van der Waals surface area contributed by atoms with Gasteiger partial charge in [0.15, 0.2) is 0 Å². The predicted octanol–water partition coefficient (Wildman–Crippen LogP) is -3.79. The van der Waals surface area contributed by atoms with Crippen LogP contribution in [0, 0.1) is 6.61 Å². The number of carbonyl (C=O) groups excluding carboxylic acids is 2. The molecule has 0 aliphatic rings. The van der Waals surface area contributed by atoms with Crippen LogP contribution in [0.5, 0.6) is 0 Å². The van der Waals surface area contributed by atoms with Gasteiger partial charge < -0.3 is 9.84 Å². The molecule has 5 heteroatoms. The molecular weight excluding hydrogens is 198 g/mol. The van der Waals surface area contributed by atoms with Gasteiger partial charge >= 0.3 is 64.3 Å². The summed E-state index contributed by atoms with van der Waals surface area (Å²) in [4.78, 5) is 16.2. The van der Waals surface area contributed by atoms with E-state index in [9.17, 15) is 0 Å². The molecule has 0 saturated heterocycles. The van der Waals surface area contributed by atoms with Crippen LogP contribution < -0.4 is 58.2 Å². The summed E-state index contributed by atoms with van der Waals surface area (Å²) in [7, 11) is 1.50. The molecule has 0 heterocycles. The largest absolute Gasteiger partial charge is 1.00 e. The van der Waals surface area contributed by atoms with Crippen molar-refractivity contribution in [3.05, 3.63) is 6.61 Å². The number of hydrogen-bond acceptors (Lipinski definition) is 4. The Morgan fingerprint density at radius 2 is 2.00 bits per heavy atom. The van der Waals surface area contributed by atoms with E-state index in [4.69, 9.17) is 14.7 Å². The van der Waals surface area contributed by atoms with Gasteiger partial charge in [-0.25, -0.2) is 0 Å². The molecule has 48 valence electrons. The molecule has 0 fully saturated rings. The number of ether oxygens (including phenoxy) is 1. The van der Waals surface area contributed by atoms with Crippen LogP contribution in [0.1, 0.15) is 0 Å². The molecule has 1 N–H and O–H groups in total. The standard InChI is InChI=1S/C3H7O2.CO2.Rb/c1-5-3-2-4;2-1-3;/h3-4H,2H2,1H3;;/q-1;;+1. The Morgan fingerprint density at radius 3 is 2.00 bits per heavy atom. The van der Waals surface area contributed by atoms with Gasteiger partial charge in [-0.1, -0.05) is 6.61 Å². The van der Waals surface area contributed by atoms with E-state index in [1.54, 1.807) is 0 Å². The number of methoxy groups -OCH3 is 1. The summed E-state index contributed by atoms with van der Waals surface area (Å²) in [6.45, 7) is 1.30. The van der Waals surface area contributed by atoms with E-state index in [-0.39, 0.29) is 70.9 Å². The van der Waals surface area contributed by atoms with Crippen LogP contribution >= 0.6 is 0 Å². The fraction of sp³-hybridized carbons (Fsp3) is 0.500. The second-order valence-electron chi connectivity index (χ2n) is 0.668. The molecule has 0 spiro atoms. The van der Waals surface area contributed by atoms with E-state index in [1.165, 1.54) is 13.7 Å². The maximum absolute atomic E-state index is 8.12. The van der Waals surface area contributed by atoms with Crippen molar-refractivity contribution in [1.29, 1.82) is 0 Å². The number of aliphatic hydroxyl groups is 1. The number of rotatable bonds is 2. The van der Waals surface area contributed by atoms with Gasteiger partial charge in [0, 0.05) is 0 Å². The van der Waals surface area contributed by atoms with Crippen LogP contribution in [0.4, 0.5) is 0 Å². The van der Waals surface area contributed by atoms with Crippen molar-refractivity contribution in [2.75, 3.05) is 13.7 Å². The number of hydrogen-bond donors (Lipinski definition) is 1. The summed E-state index contributed by atoms with van der Waals surface area (Å²) in [5, 5.41) is 7.89. The summed E-state index contributed by atoms with van der Waals surface area (Å²) in [6.07, 6.45) is 0.250. The molecule has 0 unspecified atom stereocenters. The van der Waals surface area contributed by atoms with Gasteiger partial charge in [0.1, 0.15) is 0 Å². The van der Waals surface area contributed by atoms with Crippen LogP contribution in [0.15, 0.2) is 0 Å². The molecule has 0 amide bonds. The van der Waals surface area contributed by atoms with E-state index in [1.807, 2.05) is 0 Å². The van der Waals surface area contributed by atoms with Gasteiger partial charge in [0.2, 0.25) is 0 Å². The van der Waals surface area contributed by atoms with Crippen molar-refractivity contribution in [3.63, 3.8) is 0 Å². The first-order chi connectivity index (χ1) is 3.83. The van der Waals surface area contributed by atoms with E-state index in [2.05, 4.69) is 4.74 Å². The Labute approximate surface area is 102 Å². The number of aliphatic hydroxyl groups excluding tert-OH is 1. The Bertz CT molecular complexity index is 57.6. The van der Waals surface area contributed by atoms with Crippen LogP contribution in [0.2, 0.25) is 0 Å². The average Bonchev–Trinajstić information content (AvgIpc) is 1.71. The molecule has 4 nitrogen and oxygen atoms in total. The van der Waals surface area contributed by atoms with Crippen molar-refractivity contribution < 1.29 is 77.6 Å². The average molecular weight is 205 g/mol. The van der Waals surface area contributed by atoms with Gasteiger partial charge in [0.05, 0.1) is 0 Å². The third kappa shape index (κ3) is 47.7. The Balaban J connectivity index is -0.0000000800. The molecule has 0 aromatic rings. The zero-order chi connectivity index (χ0) is 6.83. The summed E-state index contributed by atoms with van der Waals surface area (Å²) in [5.74, 6) is 0. The van der Waals surface area contributed by atoms with Gasteiger partial charge in [-0.2, -0.15) is 16.2 Å². The van der Waals surface area contributed by atoms with E-state index in [0.29, 0.717) is 0 Å². The second kappa shape index (κ2) is 23.0. The first-order valence-corrected chi connectivity index (χ1v) is 1.78. The molecular formula is C4H7O4Rb. The van der Waals surface area contributed by atoms with Crippen LogP contribution in [-0.4, -0.2) is 25.0 Å². The van der Waals surface area contributed by atoms with Crippen molar-refractivity contribution in [3.8, 4) is 0 Å². The minimum atomic E-state index is -0.00347. The summed E-state index contributed by atoms with van der Waals surface area (Å²) >= 11 is 0. The molecule has 0 bridgehead atoms. The smallest absolute Gasteiger partial charge is 0.552 e. The SMILES string of the molecule is CO[CH-]CO.O=C=O.[Rb+]. The van der Waals surface area contributed by atoms with Crippen LogP contribution in [-0.2, 0) is 14.3 Å². The zero-order valence-electron chi connectivity index (χ0n) is 5.46. The minimum absolute atomic E-state index is 0. The van der Waals surface area contributed by atoms with Crippen molar-refractivity contribution >= 4 is 6.15 Å². The monoisotopic (exact) mass is 204 g/mol. The summed E-state index contributed by atoms with van der Waals surface area (Å²) in [6, 6.07) is 0. The maximum atomic E-state index is 8.12. The Morgan fingerprint density at radius 1 is 1.67 bits per heavy atom. The van der Waals surface area contributed by atoms with Gasteiger partial charge in [-0.3, -0.25) is 0 Å². The van der Waals surface area contributed by atoms with Crippen LogP contribution in [0.3, 0.4) is 0 Å². The minimum Gasteiger partial charge on any atom is -0.552 e. The first-order valence-electron chi connectivity index (χ1n) is 1.78. The molecule has 0 aromatic heterocycles.